The minimum Gasteiger partial charge on any atom is -0.496 e. The van der Waals surface area contributed by atoms with Crippen molar-refractivity contribution in [1.29, 1.82) is 0 Å². The van der Waals surface area contributed by atoms with E-state index in [1.807, 2.05) is 44.2 Å². The summed E-state index contributed by atoms with van der Waals surface area (Å²) >= 11 is 12.4. The summed E-state index contributed by atoms with van der Waals surface area (Å²) in [6.07, 6.45) is 4.58. The van der Waals surface area contributed by atoms with Gasteiger partial charge >= 0.3 is 5.97 Å². The minimum absolute atomic E-state index is 0.181. The van der Waals surface area contributed by atoms with Crippen LogP contribution in [0.5, 0.6) is 11.5 Å². The Hall–Kier alpha value is -1.99. The van der Waals surface area contributed by atoms with Crippen LogP contribution in [-0.4, -0.2) is 72.4 Å². The van der Waals surface area contributed by atoms with Crippen LogP contribution in [0.1, 0.15) is 43.7 Å². The second-order valence-electron chi connectivity index (χ2n) is 10.6. The van der Waals surface area contributed by atoms with E-state index >= 15 is 0 Å². The van der Waals surface area contributed by atoms with E-state index < -0.39 is 11.5 Å². The molecule has 6 nitrogen and oxygen atoms in total. The molecule has 2 saturated heterocycles. The van der Waals surface area contributed by atoms with Crippen molar-refractivity contribution in [2.24, 2.45) is 5.92 Å². The number of halogens is 2. The molecule has 0 aliphatic carbocycles. The zero-order chi connectivity index (χ0) is 26.6. The molecule has 1 N–H and O–H groups in total. The van der Waals surface area contributed by atoms with Gasteiger partial charge in [-0.1, -0.05) is 41.4 Å². The monoisotopic (exact) mass is 548 g/mol. The van der Waals surface area contributed by atoms with E-state index in [1.165, 1.54) is 0 Å². The van der Waals surface area contributed by atoms with Crippen LogP contribution >= 0.6 is 23.2 Å². The molecule has 37 heavy (non-hydrogen) atoms. The topological polar surface area (TPSA) is 62.2 Å². The van der Waals surface area contributed by atoms with Crippen LogP contribution in [0, 0.1) is 12.8 Å². The molecule has 0 unspecified atom stereocenters. The SMILES string of the molecule is COc1ccccc1C[C@@](C)(C(=O)O)N1CCC(CN2CCC(Oc3ccc(Cl)c(Cl)c3C)CC2)CC1. The minimum atomic E-state index is -0.960. The number of para-hydroxylation sites is 1. The molecule has 8 heteroatoms. The van der Waals surface area contributed by atoms with Gasteiger partial charge in [0.05, 0.1) is 17.2 Å². The maximum atomic E-state index is 12.4. The zero-order valence-electron chi connectivity index (χ0n) is 22.0. The number of carbonyl (C=O) groups is 1. The van der Waals surface area contributed by atoms with Gasteiger partial charge in [0, 0.05) is 31.6 Å². The Balaban J connectivity index is 1.27. The number of ether oxygens (including phenoxy) is 2. The molecule has 0 saturated carbocycles. The third kappa shape index (κ3) is 6.54. The summed E-state index contributed by atoms with van der Waals surface area (Å²) in [5, 5.41) is 11.3. The lowest BCUT2D eigenvalue weighted by Gasteiger charge is -2.43. The Bertz CT molecular complexity index is 1080. The van der Waals surface area contributed by atoms with E-state index in [0.717, 1.165) is 81.0 Å². The molecule has 0 bridgehead atoms. The van der Waals surface area contributed by atoms with E-state index in [-0.39, 0.29) is 6.10 Å². The average molecular weight is 550 g/mol. The third-order valence-corrected chi connectivity index (χ3v) is 9.03. The standard InChI is InChI=1S/C29H38Cl2N2O4/c1-20-25(9-8-24(30)27(20)31)37-23-12-14-32(15-13-23)19-21-10-16-33(17-11-21)29(2,28(34)35)18-22-6-4-5-7-26(22)36-3/h4-9,21,23H,10-19H2,1-3H3,(H,34,35)/t29-/m0/s1. The fraction of sp³-hybridized carbons (Fsp3) is 0.552. The molecular weight excluding hydrogens is 511 g/mol. The second kappa shape index (κ2) is 12.2. The van der Waals surface area contributed by atoms with Gasteiger partial charge in [-0.15, -0.1) is 0 Å². The van der Waals surface area contributed by atoms with Crippen LogP contribution in [0.4, 0.5) is 0 Å². The number of methoxy groups -OCH3 is 1. The number of rotatable bonds is 9. The summed E-state index contributed by atoms with van der Waals surface area (Å²) in [6, 6.07) is 11.4. The number of hydrogen-bond acceptors (Lipinski definition) is 5. The van der Waals surface area contributed by atoms with Gasteiger partial charge in [-0.25, -0.2) is 0 Å². The number of likely N-dealkylation sites (tertiary alicyclic amines) is 2. The first-order valence-corrected chi connectivity index (χ1v) is 13.9. The third-order valence-electron chi connectivity index (χ3n) is 8.13. The van der Waals surface area contributed by atoms with E-state index in [1.54, 1.807) is 13.2 Å². The molecule has 1 atom stereocenters. The van der Waals surface area contributed by atoms with Gasteiger partial charge in [-0.05, 0) is 82.3 Å². The molecule has 2 aromatic rings. The molecule has 0 spiro atoms. The molecule has 2 aromatic carbocycles. The van der Waals surface area contributed by atoms with Gasteiger partial charge in [-0.3, -0.25) is 9.69 Å². The Morgan fingerprint density at radius 1 is 1.03 bits per heavy atom. The van der Waals surface area contributed by atoms with Crippen molar-refractivity contribution in [2.75, 3.05) is 39.8 Å². The molecule has 202 valence electrons. The van der Waals surface area contributed by atoms with E-state index in [2.05, 4.69) is 9.80 Å². The predicted molar refractivity (Wildman–Crippen MR) is 148 cm³/mol. The summed E-state index contributed by atoms with van der Waals surface area (Å²) in [5.41, 5.74) is 0.860. The highest BCUT2D eigenvalue weighted by Gasteiger charge is 2.42. The molecule has 2 fully saturated rings. The molecule has 0 radical (unpaired) electrons. The first-order chi connectivity index (χ1) is 17.7. The average Bonchev–Trinajstić information content (AvgIpc) is 2.90. The number of nitrogens with zero attached hydrogens (tertiary/aromatic N) is 2. The Kier molecular flexibility index (Phi) is 9.28. The Morgan fingerprint density at radius 2 is 1.70 bits per heavy atom. The van der Waals surface area contributed by atoms with Crippen LogP contribution < -0.4 is 9.47 Å². The Labute approximate surface area is 230 Å². The van der Waals surface area contributed by atoms with Crippen LogP contribution in [-0.2, 0) is 11.2 Å². The molecule has 0 amide bonds. The molecule has 0 aromatic heterocycles. The van der Waals surface area contributed by atoms with Gasteiger partial charge < -0.3 is 19.5 Å². The van der Waals surface area contributed by atoms with Gasteiger partial charge in [-0.2, -0.15) is 0 Å². The van der Waals surface area contributed by atoms with E-state index in [9.17, 15) is 9.90 Å². The number of hydrogen-bond donors (Lipinski definition) is 1. The normalized spacial score (nSPS) is 19.9. The number of carboxylic acids is 1. The van der Waals surface area contributed by atoms with Gasteiger partial charge in [0.25, 0.3) is 0 Å². The first-order valence-electron chi connectivity index (χ1n) is 13.1. The van der Waals surface area contributed by atoms with Crippen molar-refractivity contribution in [2.45, 2.75) is 57.6 Å². The van der Waals surface area contributed by atoms with Gasteiger partial charge in [0.15, 0.2) is 0 Å². The second-order valence-corrected chi connectivity index (χ2v) is 11.4. The summed E-state index contributed by atoms with van der Waals surface area (Å²) in [7, 11) is 1.63. The van der Waals surface area contributed by atoms with Crippen molar-refractivity contribution in [1.82, 2.24) is 9.80 Å². The molecular formula is C29H38Cl2N2O4. The fourth-order valence-electron chi connectivity index (χ4n) is 5.67. The van der Waals surface area contributed by atoms with Crippen LogP contribution in [0.25, 0.3) is 0 Å². The summed E-state index contributed by atoms with van der Waals surface area (Å²) < 4.78 is 11.7. The van der Waals surface area contributed by atoms with Crippen molar-refractivity contribution >= 4 is 29.2 Å². The molecule has 2 aliphatic heterocycles. The largest absolute Gasteiger partial charge is 0.496 e. The lowest BCUT2D eigenvalue weighted by molar-refractivity contribution is -0.151. The maximum Gasteiger partial charge on any atom is 0.324 e. The molecule has 2 aliphatic rings. The number of piperidine rings is 2. The van der Waals surface area contributed by atoms with Crippen molar-refractivity contribution in [3.05, 3.63) is 57.6 Å². The van der Waals surface area contributed by atoms with Crippen LogP contribution in [0.15, 0.2) is 36.4 Å². The number of aliphatic carboxylic acids is 1. The maximum absolute atomic E-state index is 12.4. The van der Waals surface area contributed by atoms with Crippen molar-refractivity contribution < 1.29 is 19.4 Å². The van der Waals surface area contributed by atoms with Gasteiger partial charge in [0.2, 0.25) is 0 Å². The number of benzene rings is 2. The van der Waals surface area contributed by atoms with Gasteiger partial charge in [0.1, 0.15) is 23.1 Å². The first kappa shape index (κ1) is 28.0. The van der Waals surface area contributed by atoms with Crippen LogP contribution in [0.3, 0.4) is 0 Å². The number of carboxylic acid groups (broad SMARTS) is 1. The highest BCUT2D eigenvalue weighted by molar-refractivity contribution is 6.42. The quantitative estimate of drug-likeness (QED) is 0.417. The van der Waals surface area contributed by atoms with Crippen LogP contribution in [0.2, 0.25) is 10.0 Å². The van der Waals surface area contributed by atoms with E-state index in [0.29, 0.717) is 22.4 Å². The van der Waals surface area contributed by atoms with Crippen molar-refractivity contribution in [3.8, 4) is 11.5 Å². The fourth-order valence-corrected chi connectivity index (χ4v) is 6.03. The molecule has 4 rings (SSSR count). The predicted octanol–water partition coefficient (Wildman–Crippen LogP) is 5.95. The summed E-state index contributed by atoms with van der Waals surface area (Å²) in [6.45, 7) is 8.44. The zero-order valence-corrected chi connectivity index (χ0v) is 23.5. The smallest absolute Gasteiger partial charge is 0.324 e. The highest BCUT2D eigenvalue weighted by atomic mass is 35.5. The molecule has 2 heterocycles. The van der Waals surface area contributed by atoms with E-state index in [4.69, 9.17) is 32.7 Å². The lowest BCUT2D eigenvalue weighted by atomic mass is 9.86. The Morgan fingerprint density at radius 3 is 2.35 bits per heavy atom. The summed E-state index contributed by atoms with van der Waals surface area (Å²) in [4.78, 5) is 17.1. The van der Waals surface area contributed by atoms with Crippen molar-refractivity contribution in [3.63, 3.8) is 0 Å². The highest BCUT2D eigenvalue weighted by Crippen LogP contribution is 2.34. The lowest BCUT2D eigenvalue weighted by Crippen LogP contribution is -2.57. The summed E-state index contributed by atoms with van der Waals surface area (Å²) in [5.74, 6) is 1.35.